The summed E-state index contributed by atoms with van der Waals surface area (Å²) < 4.78 is 5.82. The number of aliphatic carboxylic acids is 1. The number of nitrogens with zero attached hydrogens (tertiary/aromatic N) is 1. The quantitative estimate of drug-likeness (QED) is 0.695. The van der Waals surface area contributed by atoms with Crippen molar-refractivity contribution >= 4 is 5.97 Å². The van der Waals surface area contributed by atoms with Gasteiger partial charge in [0.1, 0.15) is 5.75 Å². The van der Waals surface area contributed by atoms with Gasteiger partial charge in [-0.25, -0.2) is 0 Å². The molecule has 2 saturated carbocycles. The van der Waals surface area contributed by atoms with Crippen molar-refractivity contribution in [2.75, 3.05) is 6.61 Å². The van der Waals surface area contributed by atoms with Crippen LogP contribution in [0.25, 0.3) is 0 Å². The fraction of sp³-hybridized carbons (Fsp3) is 0.684. The van der Waals surface area contributed by atoms with Crippen molar-refractivity contribution in [3.63, 3.8) is 0 Å². The van der Waals surface area contributed by atoms with Crippen LogP contribution in [0.1, 0.15) is 69.4 Å². The van der Waals surface area contributed by atoms with Crippen molar-refractivity contribution in [3.8, 4) is 5.75 Å². The van der Waals surface area contributed by atoms with Gasteiger partial charge in [-0.2, -0.15) is 0 Å². The largest absolute Gasteiger partial charge is 1.00 e. The third kappa shape index (κ3) is 5.26. The van der Waals surface area contributed by atoms with E-state index in [1.807, 2.05) is 12.1 Å². The number of hydrogen-bond donors (Lipinski definition) is 0. The van der Waals surface area contributed by atoms with Crippen LogP contribution in [-0.2, 0) is 4.79 Å². The Kier molecular flexibility index (Phi) is 7.65. The van der Waals surface area contributed by atoms with Gasteiger partial charge in [-0.05, 0) is 49.7 Å². The second-order valence-electron chi connectivity index (χ2n) is 7.09. The zero-order valence-electron chi connectivity index (χ0n) is 14.7. The third-order valence-corrected chi connectivity index (χ3v) is 5.46. The van der Waals surface area contributed by atoms with Crippen LogP contribution < -0.4 is 28.7 Å². The van der Waals surface area contributed by atoms with Gasteiger partial charge in [0.05, 0.1) is 12.8 Å². The number of pyridine rings is 1. The summed E-state index contributed by atoms with van der Waals surface area (Å²) in [6.45, 7) is 0.766. The van der Waals surface area contributed by atoms with Gasteiger partial charge in [0.2, 0.25) is 0 Å². The Balaban J connectivity index is 0.00000208. The molecule has 0 saturated heterocycles. The van der Waals surface area contributed by atoms with Gasteiger partial charge in [-0.3, -0.25) is 4.98 Å². The van der Waals surface area contributed by atoms with Crippen LogP contribution in [0.15, 0.2) is 18.3 Å². The molecule has 5 heteroatoms. The number of rotatable bonds is 6. The van der Waals surface area contributed by atoms with E-state index < -0.39 is 5.97 Å². The Labute approximate surface area is 156 Å². The Morgan fingerprint density at radius 1 is 1.17 bits per heavy atom. The zero-order chi connectivity index (χ0) is 16.1. The molecule has 126 valence electrons. The molecule has 0 spiro atoms. The molecule has 0 bridgehead atoms. The van der Waals surface area contributed by atoms with E-state index in [2.05, 4.69) is 4.98 Å². The van der Waals surface area contributed by atoms with E-state index in [9.17, 15) is 9.90 Å². The number of carboxylic acids is 1. The first-order valence-electron chi connectivity index (χ1n) is 9.02. The third-order valence-electron chi connectivity index (χ3n) is 5.46. The van der Waals surface area contributed by atoms with Gasteiger partial charge in [0.15, 0.2) is 0 Å². The molecule has 0 N–H and O–H groups in total. The molecule has 1 heterocycles. The van der Waals surface area contributed by atoms with Gasteiger partial charge in [0, 0.05) is 17.6 Å². The van der Waals surface area contributed by atoms with Gasteiger partial charge >= 0.3 is 18.9 Å². The standard InChI is InChI=1S/C19H27NO3.Li/c21-19(22)16-7-6-15(12-16)18-9-8-17(13-20-18)23-11-10-14-4-2-1-3-5-14;/h8-9,13-16H,1-7,10-12H2,(H,21,22);/q;+1/p-1. The first kappa shape index (κ1) is 19.3. The summed E-state index contributed by atoms with van der Waals surface area (Å²) in [4.78, 5) is 15.4. The van der Waals surface area contributed by atoms with E-state index in [1.54, 1.807) is 6.20 Å². The predicted octanol–water partition coefficient (Wildman–Crippen LogP) is 0.0684. The maximum atomic E-state index is 10.9. The number of carbonyl (C=O) groups is 1. The summed E-state index contributed by atoms with van der Waals surface area (Å²) >= 11 is 0. The molecule has 3 rings (SSSR count). The molecule has 2 unspecified atom stereocenters. The second-order valence-corrected chi connectivity index (χ2v) is 7.09. The van der Waals surface area contributed by atoms with Crippen molar-refractivity contribution in [3.05, 3.63) is 24.0 Å². The van der Waals surface area contributed by atoms with E-state index >= 15 is 0 Å². The number of carboxylic acid groups (broad SMARTS) is 1. The summed E-state index contributed by atoms with van der Waals surface area (Å²) in [6, 6.07) is 3.95. The van der Waals surface area contributed by atoms with Crippen LogP contribution in [0, 0.1) is 11.8 Å². The molecule has 0 amide bonds. The summed E-state index contributed by atoms with van der Waals surface area (Å²) in [5.74, 6) is 0.660. The van der Waals surface area contributed by atoms with Crippen molar-refractivity contribution < 1.29 is 33.5 Å². The van der Waals surface area contributed by atoms with Gasteiger partial charge in [0.25, 0.3) is 0 Å². The predicted molar refractivity (Wildman–Crippen MR) is 86.0 cm³/mol. The minimum absolute atomic E-state index is 0. The number of aromatic nitrogens is 1. The molecule has 0 radical (unpaired) electrons. The zero-order valence-corrected chi connectivity index (χ0v) is 14.7. The second kappa shape index (κ2) is 9.49. The average molecular weight is 323 g/mol. The molecule has 2 atom stereocenters. The first-order chi connectivity index (χ1) is 11.2. The van der Waals surface area contributed by atoms with Crippen molar-refractivity contribution in [2.24, 2.45) is 11.8 Å². The Bertz CT molecular complexity index is 514. The van der Waals surface area contributed by atoms with Gasteiger partial charge in [-0.15, -0.1) is 0 Å². The molecule has 2 fully saturated rings. The van der Waals surface area contributed by atoms with E-state index in [1.165, 1.54) is 32.1 Å². The minimum Gasteiger partial charge on any atom is -0.550 e. The van der Waals surface area contributed by atoms with E-state index in [0.717, 1.165) is 36.8 Å². The maximum absolute atomic E-state index is 10.9. The Hall–Kier alpha value is -0.983. The first-order valence-corrected chi connectivity index (χ1v) is 9.02. The van der Waals surface area contributed by atoms with Crippen molar-refractivity contribution in [1.82, 2.24) is 4.98 Å². The minimum atomic E-state index is -0.921. The topological polar surface area (TPSA) is 62.2 Å². The van der Waals surface area contributed by atoms with Crippen LogP contribution >= 0.6 is 0 Å². The summed E-state index contributed by atoms with van der Waals surface area (Å²) in [7, 11) is 0. The molecule has 0 aliphatic heterocycles. The van der Waals surface area contributed by atoms with Crippen LogP contribution in [0.2, 0.25) is 0 Å². The van der Waals surface area contributed by atoms with Crippen LogP contribution in [-0.4, -0.2) is 17.6 Å². The van der Waals surface area contributed by atoms with Gasteiger partial charge in [-0.1, -0.05) is 32.1 Å². The fourth-order valence-corrected chi connectivity index (χ4v) is 4.00. The molecule has 2 aliphatic carbocycles. The van der Waals surface area contributed by atoms with Crippen LogP contribution in [0.5, 0.6) is 5.75 Å². The summed E-state index contributed by atoms with van der Waals surface area (Å²) in [5.41, 5.74) is 0.980. The molecule has 2 aliphatic rings. The van der Waals surface area contributed by atoms with Crippen LogP contribution in [0.4, 0.5) is 0 Å². The Morgan fingerprint density at radius 3 is 2.58 bits per heavy atom. The Morgan fingerprint density at radius 2 is 1.96 bits per heavy atom. The normalized spacial score (nSPS) is 24.3. The SMILES string of the molecule is O=C([O-])C1CCC(c2ccc(OCCC3CCCCC3)cn2)C1.[Li+]. The van der Waals surface area contributed by atoms with Crippen molar-refractivity contribution in [2.45, 2.75) is 63.7 Å². The monoisotopic (exact) mass is 323 g/mol. The van der Waals surface area contributed by atoms with Crippen LogP contribution in [0.3, 0.4) is 0 Å². The molecule has 24 heavy (non-hydrogen) atoms. The molecular weight excluding hydrogens is 297 g/mol. The average Bonchev–Trinajstić information content (AvgIpc) is 3.07. The molecule has 0 aromatic carbocycles. The smallest absolute Gasteiger partial charge is 0.550 e. The van der Waals surface area contributed by atoms with Gasteiger partial charge < -0.3 is 14.6 Å². The molecular formula is C19H26LiNO3. The number of ether oxygens (including phenoxy) is 1. The molecule has 1 aromatic heterocycles. The number of hydrogen-bond acceptors (Lipinski definition) is 4. The number of carbonyl (C=O) groups excluding carboxylic acids is 1. The van der Waals surface area contributed by atoms with E-state index in [0.29, 0.717) is 12.8 Å². The molecule has 1 aromatic rings. The maximum Gasteiger partial charge on any atom is 1.00 e. The van der Waals surface area contributed by atoms with Crippen molar-refractivity contribution in [1.29, 1.82) is 0 Å². The fourth-order valence-electron chi connectivity index (χ4n) is 4.00. The molecule has 4 nitrogen and oxygen atoms in total. The summed E-state index contributed by atoms with van der Waals surface area (Å²) in [5, 5.41) is 10.9. The summed E-state index contributed by atoms with van der Waals surface area (Å²) in [6.07, 6.45) is 12.0. The van der Waals surface area contributed by atoms with E-state index in [-0.39, 0.29) is 30.7 Å². The van der Waals surface area contributed by atoms with E-state index in [4.69, 9.17) is 4.74 Å².